The smallest absolute Gasteiger partial charge is 0.251 e. The number of hydrogen-bond acceptors (Lipinski definition) is 4. The van der Waals surface area contributed by atoms with Crippen molar-refractivity contribution in [2.45, 2.75) is 57.7 Å². The van der Waals surface area contributed by atoms with Gasteiger partial charge in [0.25, 0.3) is 5.91 Å². The van der Waals surface area contributed by atoms with Crippen molar-refractivity contribution in [3.05, 3.63) is 0 Å². The first kappa shape index (κ1) is 16.2. The van der Waals surface area contributed by atoms with Crippen LogP contribution < -0.4 is 5.32 Å². The van der Waals surface area contributed by atoms with Crippen molar-refractivity contribution in [2.75, 3.05) is 26.2 Å². The van der Waals surface area contributed by atoms with Crippen molar-refractivity contribution in [1.29, 1.82) is 0 Å². The number of carbonyl (C=O) groups is 2. The molecule has 0 aromatic carbocycles. The monoisotopic (exact) mass is 297 g/mol. The van der Waals surface area contributed by atoms with E-state index in [0.717, 1.165) is 6.54 Å². The van der Waals surface area contributed by atoms with Gasteiger partial charge in [-0.1, -0.05) is 6.42 Å². The summed E-state index contributed by atoms with van der Waals surface area (Å²) in [6.07, 6.45) is 3.23. The SMILES string of the molecule is CC1CCCC(C)N1CCNC(=O)CN1CCC(O)C1=O. The highest BCUT2D eigenvalue weighted by atomic mass is 16.3. The third-order valence-electron chi connectivity index (χ3n) is 4.67. The van der Waals surface area contributed by atoms with Crippen molar-refractivity contribution >= 4 is 11.8 Å². The summed E-state index contributed by atoms with van der Waals surface area (Å²) in [7, 11) is 0. The molecule has 2 saturated heterocycles. The molecule has 0 saturated carbocycles. The molecule has 2 fully saturated rings. The second-order valence-electron chi connectivity index (χ2n) is 6.28. The van der Waals surface area contributed by atoms with Crippen LogP contribution in [0.3, 0.4) is 0 Å². The van der Waals surface area contributed by atoms with Gasteiger partial charge < -0.3 is 15.3 Å². The van der Waals surface area contributed by atoms with E-state index in [-0.39, 0.29) is 18.4 Å². The van der Waals surface area contributed by atoms with Gasteiger partial charge in [-0.3, -0.25) is 14.5 Å². The first-order valence-electron chi connectivity index (χ1n) is 7.98. The van der Waals surface area contributed by atoms with Crippen LogP contribution in [0.2, 0.25) is 0 Å². The van der Waals surface area contributed by atoms with E-state index >= 15 is 0 Å². The molecule has 21 heavy (non-hydrogen) atoms. The summed E-state index contributed by atoms with van der Waals surface area (Å²) in [5, 5.41) is 12.2. The molecule has 120 valence electrons. The summed E-state index contributed by atoms with van der Waals surface area (Å²) < 4.78 is 0. The minimum absolute atomic E-state index is 0.0565. The lowest BCUT2D eigenvalue weighted by atomic mass is 9.98. The van der Waals surface area contributed by atoms with Crippen molar-refractivity contribution in [3.63, 3.8) is 0 Å². The average Bonchev–Trinajstić information content (AvgIpc) is 2.74. The maximum Gasteiger partial charge on any atom is 0.251 e. The van der Waals surface area contributed by atoms with E-state index in [4.69, 9.17) is 0 Å². The minimum Gasteiger partial charge on any atom is -0.383 e. The van der Waals surface area contributed by atoms with Gasteiger partial charge in [-0.2, -0.15) is 0 Å². The van der Waals surface area contributed by atoms with Crippen molar-refractivity contribution in [3.8, 4) is 0 Å². The molecule has 3 atom stereocenters. The van der Waals surface area contributed by atoms with Crippen LogP contribution in [0.15, 0.2) is 0 Å². The molecule has 6 heteroatoms. The molecule has 3 unspecified atom stereocenters. The van der Waals surface area contributed by atoms with E-state index < -0.39 is 6.10 Å². The van der Waals surface area contributed by atoms with Gasteiger partial charge in [0, 0.05) is 31.7 Å². The fourth-order valence-corrected chi connectivity index (χ4v) is 3.35. The van der Waals surface area contributed by atoms with E-state index in [0.29, 0.717) is 31.6 Å². The van der Waals surface area contributed by atoms with Crippen LogP contribution in [0, 0.1) is 0 Å². The Morgan fingerprint density at radius 1 is 1.29 bits per heavy atom. The van der Waals surface area contributed by atoms with Gasteiger partial charge in [-0.25, -0.2) is 0 Å². The molecule has 2 heterocycles. The molecule has 2 N–H and O–H groups in total. The second kappa shape index (κ2) is 7.22. The number of aliphatic hydroxyl groups is 1. The van der Waals surface area contributed by atoms with E-state index in [1.807, 2.05) is 0 Å². The molecule has 2 aliphatic heterocycles. The molecule has 0 aliphatic carbocycles. The van der Waals surface area contributed by atoms with Gasteiger partial charge in [0.2, 0.25) is 5.91 Å². The lowest BCUT2D eigenvalue weighted by Gasteiger charge is -2.39. The highest BCUT2D eigenvalue weighted by Gasteiger charge is 2.31. The predicted octanol–water partition coefficient (Wildman–Crippen LogP) is -0.0413. The Kier molecular flexibility index (Phi) is 5.58. The molecule has 0 radical (unpaired) electrons. The average molecular weight is 297 g/mol. The Bertz CT molecular complexity index is 378. The van der Waals surface area contributed by atoms with Crippen molar-refractivity contribution in [1.82, 2.24) is 15.1 Å². The van der Waals surface area contributed by atoms with Gasteiger partial charge in [0.1, 0.15) is 6.10 Å². The Hall–Kier alpha value is -1.14. The maximum atomic E-state index is 11.9. The molecular weight excluding hydrogens is 270 g/mol. The molecule has 2 aliphatic rings. The molecule has 2 amide bonds. The maximum absolute atomic E-state index is 11.9. The summed E-state index contributed by atoms with van der Waals surface area (Å²) in [6.45, 7) is 6.46. The van der Waals surface area contributed by atoms with Crippen LogP contribution in [0.5, 0.6) is 0 Å². The number of nitrogens with one attached hydrogen (secondary N) is 1. The lowest BCUT2D eigenvalue weighted by molar-refractivity contribution is -0.137. The quantitative estimate of drug-likeness (QED) is 0.747. The molecule has 0 aromatic rings. The number of aliphatic hydroxyl groups excluding tert-OH is 1. The second-order valence-corrected chi connectivity index (χ2v) is 6.28. The fraction of sp³-hybridized carbons (Fsp3) is 0.867. The van der Waals surface area contributed by atoms with Gasteiger partial charge in [-0.05, 0) is 33.1 Å². The van der Waals surface area contributed by atoms with Gasteiger partial charge in [0.15, 0.2) is 0 Å². The van der Waals surface area contributed by atoms with E-state index in [1.54, 1.807) is 0 Å². The van der Waals surface area contributed by atoms with Gasteiger partial charge in [-0.15, -0.1) is 0 Å². The predicted molar refractivity (Wildman–Crippen MR) is 79.7 cm³/mol. The number of carbonyl (C=O) groups excluding carboxylic acids is 2. The van der Waals surface area contributed by atoms with Gasteiger partial charge in [0.05, 0.1) is 6.54 Å². The summed E-state index contributed by atoms with van der Waals surface area (Å²) in [4.78, 5) is 27.2. The normalized spacial score (nSPS) is 30.7. The zero-order valence-electron chi connectivity index (χ0n) is 13.0. The topological polar surface area (TPSA) is 72.9 Å². The molecule has 0 bridgehead atoms. The number of piperidine rings is 1. The zero-order chi connectivity index (χ0) is 15.4. The highest BCUT2D eigenvalue weighted by Crippen LogP contribution is 2.21. The first-order valence-corrected chi connectivity index (χ1v) is 7.98. The van der Waals surface area contributed by atoms with Crippen molar-refractivity contribution in [2.24, 2.45) is 0 Å². The van der Waals surface area contributed by atoms with Crippen LogP contribution in [-0.2, 0) is 9.59 Å². The Balaban J connectivity index is 1.68. The van der Waals surface area contributed by atoms with Crippen LogP contribution in [0.25, 0.3) is 0 Å². The largest absolute Gasteiger partial charge is 0.383 e. The molecule has 2 rings (SSSR count). The number of nitrogens with zero attached hydrogens (tertiary/aromatic N) is 2. The number of hydrogen-bond donors (Lipinski definition) is 2. The van der Waals surface area contributed by atoms with E-state index in [1.165, 1.54) is 24.2 Å². The molecule has 6 nitrogen and oxygen atoms in total. The number of amides is 2. The summed E-state index contributed by atoms with van der Waals surface area (Å²) in [5.74, 6) is -0.474. The first-order chi connectivity index (χ1) is 9.99. The van der Waals surface area contributed by atoms with Crippen LogP contribution in [0.4, 0.5) is 0 Å². The van der Waals surface area contributed by atoms with E-state index in [9.17, 15) is 14.7 Å². The summed E-state index contributed by atoms with van der Waals surface area (Å²) >= 11 is 0. The third-order valence-corrected chi connectivity index (χ3v) is 4.67. The van der Waals surface area contributed by atoms with Crippen LogP contribution in [0.1, 0.15) is 39.5 Å². The van der Waals surface area contributed by atoms with Crippen LogP contribution >= 0.6 is 0 Å². The minimum atomic E-state index is -0.923. The highest BCUT2D eigenvalue weighted by molar-refractivity contribution is 5.88. The molecule has 0 spiro atoms. The third kappa shape index (κ3) is 4.17. The Morgan fingerprint density at radius 2 is 1.95 bits per heavy atom. The van der Waals surface area contributed by atoms with Gasteiger partial charge >= 0.3 is 0 Å². The Labute approximate surface area is 126 Å². The molecular formula is C15H27N3O3. The fourth-order valence-electron chi connectivity index (χ4n) is 3.35. The zero-order valence-corrected chi connectivity index (χ0v) is 13.0. The lowest BCUT2D eigenvalue weighted by Crippen LogP contribution is -2.48. The summed E-state index contributed by atoms with van der Waals surface area (Å²) in [5.41, 5.74) is 0. The Morgan fingerprint density at radius 3 is 2.52 bits per heavy atom. The summed E-state index contributed by atoms with van der Waals surface area (Å²) in [6, 6.07) is 1.14. The van der Waals surface area contributed by atoms with E-state index in [2.05, 4.69) is 24.1 Å². The van der Waals surface area contributed by atoms with Crippen LogP contribution in [-0.4, -0.2) is 71.1 Å². The number of likely N-dealkylation sites (tertiary alicyclic amines) is 2. The standard InChI is InChI=1S/C15H27N3O3/c1-11-4-3-5-12(2)18(11)9-7-16-14(20)10-17-8-6-13(19)15(17)21/h11-13,19H,3-10H2,1-2H3,(H,16,20). The number of rotatable bonds is 5. The van der Waals surface area contributed by atoms with Crippen molar-refractivity contribution < 1.29 is 14.7 Å². The molecule has 0 aromatic heterocycles.